The molecule has 0 saturated heterocycles. The van der Waals surface area contributed by atoms with E-state index in [0.717, 1.165) is 14.0 Å². The smallest absolute Gasteiger partial charge is 0.435 e. The number of nitrogens with one attached hydrogen (secondary N) is 1. The topological polar surface area (TPSA) is 122 Å². The van der Waals surface area contributed by atoms with E-state index in [1.807, 2.05) is 0 Å². The van der Waals surface area contributed by atoms with Crippen molar-refractivity contribution in [3.05, 3.63) is 11.8 Å². The van der Waals surface area contributed by atoms with Crippen molar-refractivity contribution in [2.24, 2.45) is 7.05 Å². The van der Waals surface area contributed by atoms with Crippen LogP contribution in [0.2, 0.25) is 0 Å². The number of aliphatic hydroxyl groups is 1. The zero-order chi connectivity index (χ0) is 16.6. The zero-order valence-corrected chi connectivity index (χ0v) is 11.6. The molecule has 12 heteroatoms. The summed E-state index contributed by atoms with van der Waals surface area (Å²) < 4.78 is 63.2. The van der Waals surface area contributed by atoms with Crippen LogP contribution in [0.25, 0.3) is 0 Å². The largest absolute Gasteiger partial charge is 0.480 e. The van der Waals surface area contributed by atoms with Crippen LogP contribution in [-0.2, 0) is 28.0 Å². The van der Waals surface area contributed by atoms with Crippen LogP contribution in [0.3, 0.4) is 0 Å². The number of hydrogen-bond acceptors (Lipinski definition) is 5. The minimum Gasteiger partial charge on any atom is -0.480 e. The molecule has 1 aromatic rings. The van der Waals surface area contributed by atoms with Crippen LogP contribution in [-0.4, -0.2) is 46.5 Å². The molecule has 8 nitrogen and oxygen atoms in total. The van der Waals surface area contributed by atoms with Crippen molar-refractivity contribution in [2.45, 2.75) is 30.3 Å². The molecule has 0 radical (unpaired) electrons. The third-order valence-corrected chi connectivity index (χ3v) is 3.93. The highest BCUT2D eigenvalue weighted by Crippen LogP contribution is 2.29. The SMILES string of the molecule is C[C@H](O)[C@H](NS(=O)(=O)c1cc(C(F)(F)F)nn1C)C(=O)O. The van der Waals surface area contributed by atoms with Crippen LogP contribution in [0.5, 0.6) is 0 Å². The van der Waals surface area contributed by atoms with Gasteiger partial charge in [-0.05, 0) is 6.92 Å². The van der Waals surface area contributed by atoms with Crippen molar-refractivity contribution in [2.75, 3.05) is 0 Å². The van der Waals surface area contributed by atoms with E-state index in [1.165, 1.54) is 0 Å². The highest BCUT2D eigenvalue weighted by atomic mass is 32.2. The monoisotopic (exact) mass is 331 g/mol. The van der Waals surface area contributed by atoms with E-state index in [-0.39, 0.29) is 6.07 Å². The number of carboxylic acid groups (broad SMARTS) is 1. The standard InChI is InChI=1S/C9H12F3N3O5S/c1-4(16)7(8(17)18)14-21(19,20)6-3-5(9(10,11)12)13-15(6)2/h3-4,7,14,16H,1-2H3,(H,17,18)/t4-,7-/m0/s1. The molecule has 0 fully saturated rings. The van der Waals surface area contributed by atoms with Gasteiger partial charge in [0.1, 0.15) is 6.04 Å². The summed E-state index contributed by atoms with van der Waals surface area (Å²) in [5.41, 5.74) is -1.44. The first-order chi connectivity index (χ1) is 9.36. The maximum absolute atomic E-state index is 12.5. The van der Waals surface area contributed by atoms with E-state index in [2.05, 4.69) is 5.10 Å². The summed E-state index contributed by atoms with van der Waals surface area (Å²) in [6.45, 7) is 1.02. The lowest BCUT2D eigenvalue weighted by Gasteiger charge is -2.16. The van der Waals surface area contributed by atoms with Crippen LogP contribution < -0.4 is 4.72 Å². The van der Waals surface area contributed by atoms with Gasteiger partial charge in [-0.25, -0.2) is 8.42 Å². The van der Waals surface area contributed by atoms with Crippen LogP contribution >= 0.6 is 0 Å². The highest BCUT2D eigenvalue weighted by molar-refractivity contribution is 7.89. The molecular formula is C9H12F3N3O5S. The fourth-order valence-corrected chi connectivity index (χ4v) is 2.83. The summed E-state index contributed by atoms with van der Waals surface area (Å²) in [5.74, 6) is -1.67. The predicted molar refractivity (Wildman–Crippen MR) is 61.6 cm³/mol. The van der Waals surface area contributed by atoms with Gasteiger partial charge in [-0.2, -0.15) is 23.0 Å². The summed E-state index contributed by atoms with van der Waals surface area (Å²) in [6.07, 6.45) is -6.44. The Bertz CT molecular complexity index is 638. The number of sulfonamides is 1. The van der Waals surface area contributed by atoms with Crippen molar-refractivity contribution >= 4 is 16.0 Å². The molecule has 120 valence electrons. The summed E-state index contributed by atoms with van der Waals surface area (Å²) >= 11 is 0. The minimum atomic E-state index is -4.85. The number of carboxylic acids is 1. The van der Waals surface area contributed by atoms with Gasteiger partial charge < -0.3 is 10.2 Å². The Kier molecular flexibility index (Phi) is 4.65. The number of aromatic nitrogens is 2. The van der Waals surface area contributed by atoms with E-state index >= 15 is 0 Å². The quantitative estimate of drug-likeness (QED) is 0.672. The molecule has 0 spiro atoms. The average Bonchev–Trinajstić information content (AvgIpc) is 2.68. The van der Waals surface area contributed by atoms with Gasteiger partial charge in [0.2, 0.25) is 0 Å². The van der Waals surface area contributed by atoms with Crippen molar-refractivity contribution in [1.82, 2.24) is 14.5 Å². The molecule has 0 bridgehead atoms. The first-order valence-electron chi connectivity index (χ1n) is 5.40. The van der Waals surface area contributed by atoms with Gasteiger partial charge in [0, 0.05) is 13.1 Å². The summed E-state index contributed by atoms with van der Waals surface area (Å²) in [4.78, 5) is 10.8. The fraction of sp³-hybridized carbons (Fsp3) is 0.556. The molecular weight excluding hydrogens is 319 g/mol. The molecule has 3 N–H and O–H groups in total. The normalized spacial score (nSPS) is 15.7. The number of rotatable bonds is 5. The zero-order valence-electron chi connectivity index (χ0n) is 10.8. The molecule has 0 aliphatic rings. The number of aliphatic carboxylic acids is 1. The molecule has 0 amide bonds. The van der Waals surface area contributed by atoms with Gasteiger partial charge in [-0.15, -0.1) is 0 Å². The molecule has 21 heavy (non-hydrogen) atoms. The number of carbonyl (C=O) groups is 1. The van der Waals surface area contributed by atoms with Crippen molar-refractivity contribution in [3.8, 4) is 0 Å². The molecule has 0 aromatic carbocycles. The second kappa shape index (κ2) is 5.61. The van der Waals surface area contributed by atoms with Gasteiger partial charge in [-0.3, -0.25) is 9.48 Å². The first kappa shape index (κ1) is 17.4. The average molecular weight is 331 g/mol. The summed E-state index contributed by atoms with van der Waals surface area (Å²) in [6, 6.07) is -1.64. The molecule has 1 rings (SSSR count). The third-order valence-electron chi connectivity index (χ3n) is 2.43. The number of hydrogen-bond donors (Lipinski definition) is 3. The van der Waals surface area contributed by atoms with Crippen LogP contribution in [0, 0.1) is 0 Å². The van der Waals surface area contributed by atoms with E-state index in [1.54, 1.807) is 4.72 Å². The predicted octanol–water partition coefficient (Wildman–Crippen LogP) is -0.449. The van der Waals surface area contributed by atoms with Crippen LogP contribution in [0.15, 0.2) is 11.1 Å². The molecule has 0 aliphatic heterocycles. The lowest BCUT2D eigenvalue weighted by molar-refractivity contribution is -0.142. The molecule has 1 aromatic heterocycles. The van der Waals surface area contributed by atoms with E-state index in [9.17, 15) is 31.5 Å². The Labute approximate surface area is 117 Å². The Morgan fingerprint density at radius 2 is 2.00 bits per heavy atom. The van der Waals surface area contributed by atoms with Crippen LogP contribution in [0.4, 0.5) is 13.2 Å². The number of nitrogens with zero attached hydrogens (tertiary/aromatic N) is 2. The molecule has 1 heterocycles. The molecule has 0 unspecified atom stereocenters. The third kappa shape index (κ3) is 3.92. The van der Waals surface area contributed by atoms with Crippen LogP contribution in [0.1, 0.15) is 12.6 Å². The lowest BCUT2D eigenvalue weighted by Crippen LogP contribution is -2.47. The van der Waals surface area contributed by atoms with Crippen molar-refractivity contribution in [3.63, 3.8) is 0 Å². The van der Waals surface area contributed by atoms with E-state index < -0.39 is 45.0 Å². The number of aryl methyl sites for hydroxylation is 1. The highest BCUT2D eigenvalue weighted by Gasteiger charge is 2.38. The van der Waals surface area contributed by atoms with Gasteiger partial charge in [0.05, 0.1) is 6.10 Å². The van der Waals surface area contributed by atoms with Gasteiger partial charge in [0.25, 0.3) is 10.0 Å². The minimum absolute atomic E-state index is 0.267. The second-order valence-electron chi connectivity index (χ2n) is 4.17. The van der Waals surface area contributed by atoms with Gasteiger partial charge in [-0.1, -0.05) is 0 Å². The number of halogens is 3. The van der Waals surface area contributed by atoms with Crippen molar-refractivity contribution < 1.29 is 36.6 Å². The second-order valence-corrected chi connectivity index (χ2v) is 5.83. The molecule has 0 saturated carbocycles. The molecule has 2 atom stereocenters. The first-order valence-corrected chi connectivity index (χ1v) is 6.89. The van der Waals surface area contributed by atoms with Gasteiger partial charge in [0.15, 0.2) is 10.7 Å². The summed E-state index contributed by atoms with van der Waals surface area (Å²) in [5, 5.41) is 20.1. The summed E-state index contributed by atoms with van der Waals surface area (Å²) in [7, 11) is -3.65. The Morgan fingerprint density at radius 1 is 1.48 bits per heavy atom. The van der Waals surface area contributed by atoms with Crippen molar-refractivity contribution in [1.29, 1.82) is 0 Å². The molecule has 0 aliphatic carbocycles. The Morgan fingerprint density at radius 3 is 2.33 bits per heavy atom. The fourth-order valence-electron chi connectivity index (χ4n) is 1.42. The maximum Gasteiger partial charge on any atom is 0.435 e. The van der Waals surface area contributed by atoms with E-state index in [0.29, 0.717) is 4.68 Å². The lowest BCUT2D eigenvalue weighted by atomic mass is 10.2. The Hall–Kier alpha value is -1.66. The number of alkyl halides is 3. The maximum atomic E-state index is 12.5. The Balaban J connectivity index is 3.20. The number of aliphatic hydroxyl groups excluding tert-OH is 1. The van der Waals surface area contributed by atoms with Gasteiger partial charge >= 0.3 is 12.1 Å². The van der Waals surface area contributed by atoms with E-state index in [4.69, 9.17) is 5.11 Å².